The van der Waals surface area contributed by atoms with Crippen LogP contribution in [0, 0.1) is 22.7 Å². The van der Waals surface area contributed by atoms with Crippen LogP contribution in [0.25, 0.3) is 0 Å². The first kappa shape index (κ1) is 21.0. The van der Waals surface area contributed by atoms with E-state index in [0.29, 0.717) is 30.4 Å². The van der Waals surface area contributed by atoms with Gasteiger partial charge < -0.3 is 10.4 Å². The molecular weight excluding hydrogens is 394 g/mol. The molecule has 1 atom stereocenters. The number of aliphatic hydroxyl groups is 1. The predicted molar refractivity (Wildman–Crippen MR) is 109 cm³/mol. The minimum Gasteiger partial charge on any atom is -0.394 e. The van der Waals surface area contributed by atoms with Gasteiger partial charge in [-0.2, -0.15) is 15.3 Å². The number of nitrogens with zero attached hydrogens (tertiary/aromatic N) is 6. The van der Waals surface area contributed by atoms with E-state index in [9.17, 15) is 15.2 Å². The number of carbonyl (C=O) groups is 1. The predicted octanol–water partition coefficient (Wildman–Crippen LogP) is 2.22. The lowest BCUT2D eigenvalue weighted by Crippen LogP contribution is -2.35. The molecule has 1 aliphatic heterocycles. The van der Waals surface area contributed by atoms with Gasteiger partial charge in [0.15, 0.2) is 0 Å². The summed E-state index contributed by atoms with van der Waals surface area (Å²) < 4.78 is 1.67. The Hall–Kier alpha value is -2.70. The van der Waals surface area contributed by atoms with Crippen LogP contribution in [0.5, 0.6) is 0 Å². The summed E-state index contributed by atoms with van der Waals surface area (Å²) in [5, 5.41) is 26.4. The second-order valence-electron chi connectivity index (χ2n) is 8.07. The molecule has 2 fully saturated rings. The molecule has 0 aromatic carbocycles. The van der Waals surface area contributed by atoms with E-state index in [4.69, 9.17) is 0 Å². The Morgan fingerprint density at radius 1 is 1.45 bits per heavy atom. The topological polar surface area (TPSA) is 120 Å². The molecule has 0 radical (unpaired) electrons. The summed E-state index contributed by atoms with van der Waals surface area (Å²) in [6, 6.07) is 3.97. The number of hydrogen-bond donors (Lipinski definition) is 2. The Labute approximate surface area is 175 Å². The zero-order valence-electron chi connectivity index (χ0n) is 16.4. The van der Waals surface area contributed by atoms with Gasteiger partial charge in [-0.25, -0.2) is 4.98 Å². The quantitative estimate of drug-likeness (QED) is 0.739. The highest BCUT2D eigenvalue weighted by Crippen LogP contribution is 2.51. The maximum absolute atomic E-state index is 12.9. The number of nitriles is 1. The van der Waals surface area contributed by atoms with Crippen LogP contribution in [0.1, 0.15) is 33.1 Å². The standard InChI is InChI=1S/C19H23N7O2.ClH/c1-18(2,12-27)26-10-14(9-22-26)23-17-21-7-5-15(24-17)25-8-6-19(11-20,16(25)28)13-3-4-13;/h5,7,9-10,13,27H,3-4,6,8,12H2,1-2H3,(H,21,23,24);1H/t19-;/m1./s1. The molecule has 2 aliphatic rings. The molecule has 1 saturated heterocycles. The third-order valence-electron chi connectivity index (χ3n) is 5.59. The number of aliphatic hydroxyl groups excluding tert-OH is 1. The molecule has 9 nitrogen and oxygen atoms in total. The number of hydrogen-bond acceptors (Lipinski definition) is 7. The molecule has 29 heavy (non-hydrogen) atoms. The van der Waals surface area contributed by atoms with Gasteiger partial charge in [-0.1, -0.05) is 0 Å². The number of aromatic nitrogens is 4. The molecule has 154 valence electrons. The van der Waals surface area contributed by atoms with E-state index in [1.165, 1.54) is 0 Å². The Bertz CT molecular complexity index is 950. The van der Waals surface area contributed by atoms with E-state index in [0.717, 1.165) is 12.8 Å². The summed E-state index contributed by atoms with van der Waals surface area (Å²) >= 11 is 0. The number of anilines is 3. The van der Waals surface area contributed by atoms with Crippen molar-refractivity contribution in [1.29, 1.82) is 5.26 Å². The summed E-state index contributed by atoms with van der Waals surface area (Å²) in [4.78, 5) is 23.2. The summed E-state index contributed by atoms with van der Waals surface area (Å²) in [5.74, 6) is 0.853. The molecule has 2 aromatic heterocycles. The van der Waals surface area contributed by atoms with Crippen molar-refractivity contribution in [3.05, 3.63) is 24.7 Å². The molecule has 0 spiro atoms. The molecular formula is C19H24ClN7O2. The van der Waals surface area contributed by atoms with Crippen LogP contribution in [0.15, 0.2) is 24.7 Å². The molecule has 2 aromatic rings. The van der Waals surface area contributed by atoms with Crippen molar-refractivity contribution in [3.63, 3.8) is 0 Å². The van der Waals surface area contributed by atoms with Gasteiger partial charge >= 0.3 is 0 Å². The van der Waals surface area contributed by atoms with Gasteiger partial charge in [-0.15, -0.1) is 12.4 Å². The highest BCUT2D eigenvalue weighted by atomic mass is 35.5. The van der Waals surface area contributed by atoms with Gasteiger partial charge in [0.05, 0.1) is 30.1 Å². The van der Waals surface area contributed by atoms with Crippen LogP contribution < -0.4 is 10.2 Å². The smallest absolute Gasteiger partial charge is 0.248 e. The lowest BCUT2D eigenvalue weighted by molar-refractivity contribution is -0.123. The van der Waals surface area contributed by atoms with Gasteiger partial charge in [-0.05, 0) is 45.1 Å². The second-order valence-corrected chi connectivity index (χ2v) is 8.07. The normalized spacial score (nSPS) is 21.6. The van der Waals surface area contributed by atoms with E-state index >= 15 is 0 Å². The summed E-state index contributed by atoms with van der Waals surface area (Å²) in [6.45, 7) is 4.20. The largest absolute Gasteiger partial charge is 0.394 e. The summed E-state index contributed by atoms with van der Waals surface area (Å²) in [5.41, 5.74) is -0.736. The molecule has 1 amide bonds. The molecule has 10 heteroatoms. The van der Waals surface area contributed by atoms with Crippen LogP contribution in [-0.4, -0.2) is 43.9 Å². The number of carbonyl (C=O) groups excluding carboxylic acids is 1. The third-order valence-corrected chi connectivity index (χ3v) is 5.59. The third kappa shape index (κ3) is 3.66. The Kier molecular flexibility index (Phi) is 5.52. The van der Waals surface area contributed by atoms with Crippen LogP contribution in [0.4, 0.5) is 17.5 Å². The lowest BCUT2D eigenvalue weighted by atomic mass is 9.83. The molecule has 0 bridgehead atoms. The van der Waals surface area contributed by atoms with E-state index in [2.05, 4.69) is 26.5 Å². The number of halogens is 1. The fourth-order valence-corrected chi connectivity index (χ4v) is 3.59. The number of rotatable bonds is 6. The van der Waals surface area contributed by atoms with Crippen molar-refractivity contribution in [2.45, 2.75) is 38.6 Å². The molecule has 2 N–H and O–H groups in total. The van der Waals surface area contributed by atoms with E-state index in [1.54, 1.807) is 34.2 Å². The molecule has 4 rings (SSSR count). The summed E-state index contributed by atoms with van der Waals surface area (Å²) in [6.07, 6.45) is 7.41. The molecule has 1 aliphatic carbocycles. The molecule has 3 heterocycles. The Morgan fingerprint density at radius 3 is 2.86 bits per heavy atom. The lowest BCUT2D eigenvalue weighted by Gasteiger charge is -2.22. The highest BCUT2D eigenvalue weighted by molar-refractivity contribution is 6.01. The van der Waals surface area contributed by atoms with Crippen molar-refractivity contribution >= 4 is 35.8 Å². The average molecular weight is 418 g/mol. The van der Waals surface area contributed by atoms with Crippen LogP contribution in [0.3, 0.4) is 0 Å². The minimum atomic E-state index is -0.893. The first-order chi connectivity index (χ1) is 13.4. The Morgan fingerprint density at radius 2 is 2.21 bits per heavy atom. The van der Waals surface area contributed by atoms with Crippen LogP contribution in [-0.2, 0) is 10.3 Å². The van der Waals surface area contributed by atoms with Crippen molar-refractivity contribution in [1.82, 2.24) is 19.7 Å². The second kappa shape index (κ2) is 7.61. The van der Waals surface area contributed by atoms with Gasteiger partial charge in [0.2, 0.25) is 11.9 Å². The van der Waals surface area contributed by atoms with Crippen LogP contribution >= 0.6 is 12.4 Å². The maximum atomic E-state index is 12.9. The van der Waals surface area contributed by atoms with Crippen molar-refractivity contribution in [2.24, 2.45) is 11.3 Å². The van der Waals surface area contributed by atoms with Gasteiger partial charge in [0.1, 0.15) is 11.2 Å². The van der Waals surface area contributed by atoms with Crippen LogP contribution in [0.2, 0.25) is 0 Å². The Balaban J connectivity index is 0.00000240. The van der Waals surface area contributed by atoms with Crippen molar-refractivity contribution < 1.29 is 9.90 Å². The maximum Gasteiger partial charge on any atom is 0.248 e. The molecule has 1 saturated carbocycles. The zero-order valence-corrected chi connectivity index (χ0v) is 17.2. The first-order valence-corrected chi connectivity index (χ1v) is 9.39. The minimum absolute atomic E-state index is 0. The summed E-state index contributed by atoms with van der Waals surface area (Å²) in [7, 11) is 0. The van der Waals surface area contributed by atoms with Gasteiger partial charge in [0.25, 0.3) is 0 Å². The van der Waals surface area contributed by atoms with Crippen molar-refractivity contribution in [2.75, 3.05) is 23.4 Å². The van der Waals surface area contributed by atoms with E-state index in [1.807, 2.05) is 13.8 Å². The van der Waals surface area contributed by atoms with Gasteiger partial charge in [-0.3, -0.25) is 14.4 Å². The van der Waals surface area contributed by atoms with E-state index in [-0.39, 0.29) is 30.8 Å². The SMILES string of the molecule is CC(C)(CO)n1cc(Nc2nccc(N3CC[C@@](C#N)(C4CC4)C3=O)n2)cn1.Cl. The fourth-order valence-electron chi connectivity index (χ4n) is 3.59. The highest BCUT2D eigenvalue weighted by Gasteiger charge is 2.57. The number of amides is 1. The zero-order chi connectivity index (χ0) is 19.9. The molecule has 0 unspecified atom stereocenters. The monoisotopic (exact) mass is 417 g/mol. The van der Waals surface area contributed by atoms with E-state index < -0.39 is 11.0 Å². The van der Waals surface area contributed by atoms with Gasteiger partial charge in [0, 0.05) is 18.9 Å². The fraction of sp³-hybridized carbons (Fsp3) is 0.526. The van der Waals surface area contributed by atoms with Crippen molar-refractivity contribution in [3.8, 4) is 6.07 Å². The number of nitrogens with one attached hydrogen (secondary N) is 1. The first-order valence-electron chi connectivity index (χ1n) is 9.39. The average Bonchev–Trinajstić information content (AvgIpc) is 3.34.